The number of benzene rings is 3. The van der Waals surface area contributed by atoms with Crippen LogP contribution >= 0.6 is 0 Å². The summed E-state index contributed by atoms with van der Waals surface area (Å²) in [6.07, 6.45) is 1.49. The second-order valence-electron chi connectivity index (χ2n) is 6.47. The summed E-state index contributed by atoms with van der Waals surface area (Å²) < 4.78 is 5.50. The molecule has 0 spiro atoms. The standard InChI is InChI=1S/C23H21N3O4/c1-16-4-2-3-5-21(16)25-22(28)15-30-20-12-6-17(7-13-20)14-24-26-23(29)18-8-10-19(27)11-9-18/h2-14,27H,15H2,1H3,(H,25,28)(H,26,29)/b24-14-. The van der Waals surface area contributed by atoms with Crippen LogP contribution in [0.15, 0.2) is 77.9 Å². The Hall–Kier alpha value is -4.13. The molecular weight excluding hydrogens is 382 g/mol. The first-order valence-corrected chi connectivity index (χ1v) is 9.22. The number of rotatable bonds is 7. The van der Waals surface area contributed by atoms with Crippen molar-refractivity contribution >= 4 is 23.7 Å². The number of hydrogen-bond acceptors (Lipinski definition) is 5. The monoisotopic (exact) mass is 403 g/mol. The Morgan fingerprint density at radius 3 is 2.40 bits per heavy atom. The van der Waals surface area contributed by atoms with Crippen molar-refractivity contribution in [2.24, 2.45) is 5.10 Å². The third-order valence-electron chi connectivity index (χ3n) is 4.18. The number of phenolic OH excluding ortho intramolecular Hbond substituents is 1. The molecule has 0 aliphatic heterocycles. The van der Waals surface area contributed by atoms with Gasteiger partial charge in [-0.15, -0.1) is 0 Å². The molecule has 7 nitrogen and oxygen atoms in total. The fraction of sp³-hybridized carbons (Fsp3) is 0.0870. The van der Waals surface area contributed by atoms with Crippen LogP contribution in [0.4, 0.5) is 5.69 Å². The maximum Gasteiger partial charge on any atom is 0.271 e. The largest absolute Gasteiger partial charge is 0.508 e. The quantitative estimate of drug-likeness (QED) is 0.415. The number of aryl methyl sites for hydroxylation is 1. The summed E-state index contributed by atoms with van der Waals surface area (Å²) in [6.45, 7) is 1.81. The van der Waals surface area contributed by atoms with Crippen LogP contribution in [0.5, 0.6) is 11.5 Å². The van der Waals surface area contributed by atoms with Gasteiger partial charge in [0.2, 0.25) is 0 Å². The molecule has 0 atom stereocenters. The second kappa shape index (κ2) is 9.88. The fourth-order valence-corrected chi connectivity index (χ4v) is 2.54. The molecule has 0 fully saturated rings. The normalized spacial score (nSPS) is 10.6. The number of hydrazone groups is 1. The van der Waals surface area contributed by atoms with Crippen LogP contribution in [0.25, 0.3) is 0 Å². The number of anilines is 1. The van der Waals surface area contributed by atoms with Crippen molar-refractivity contribution in [3.63, 3.8) is 0 Å². The van der Waals surface area contributed by atoms with Crippen LogP contribution in [0.3, 0.4) is 0 Å². The number of phenols is 1. The van der Waals surface area contributed by atoms with Crippen LogP contribution < -0.4 is 15.5 Å². The summed E-state index contributed by atoms with van der Waals surface area (Å²) in [5.74, 6) is 0.00276. The van der Waals surface area contributed by atoms with E-state index in [9.17, 15) is 14.7 Å². The molecule has 30 heavy (non-hydrogen) atoms. The maximum absolute atomic E-state index is 12.0. The van der Waals surface area contributed by atoms with E-state index in [1.807, 2.05) is 31.2 Å². The molecule has 3 N–H and O–H groups in total. The number of carbonyl (C=O) groups is 2. The highest BCUT2D eigenvalue weighted by Gasteiger charge is 2.06. The van der Waals surface area contributed by atoms with Crippen LogP contribution in [-0.2, 0) is 4.79 Å². The summed E-state index contributed by atoms with van der Waals surface area (Å²) in [7, 11) is 0. The van der Waals surface area contributed by atoms with Crippen molar-refractivity contribution in [3.05, 3.63) is 89.5 Å². The minimum absolute atomic E-state index is 0.0880. The number of ether oxygens (including phenoxy) is 1. The fourth-order valence-electron chi connectivity index (χ4n) is 2.54. The van der Waals surface area contributed by atoms with Crippen molar-refractivity contribution < 1.29 is 19.4 Å². The van der Waals surface area contributed by atoms with Gasteiger partial charge in [0.15, 0.2) is 6.61 Å². The number of aromatic hydroxyl groups is 1. The number of nitrogens with zero attached hydrogens (tertiary/aromatic N) is 1. The van der Waals surface area contributed by atoms with E-state index in [-0.39, 0.29) is 24.2 Å². The van der Waals surface area contributed by atoms with Gasteiger partial charge in [-0.1, -0.05) is 18.2 Å². The second-order valence-corrected chi connectivity index (χ2v) is 6.47. The van der Waals surface area contributed by atoms with E-state index in [0.29, 0.717) is 11.3 Å². The first kappa shape index (κ1) is 20.6. The minimum atomic E-state index is -0.383. The van der Waals surface area contributed by atoms with Crippen molar-refractivity contribution in [2.45, 2.75) is 6.92 Å². The van der Waals surface area contributed by atoms with E-state index in [1.165, 1.54) is 30.5 Å². The molecule has 3 aromatic carbocycles. The van der Waals surface area contributed by atoms with Gasteiger partial charge in [-0.25, -0.2) is 5.43 Å². The number of para-hydroxylation sites is 1. The van der Waals surface area contributed by atoms with Crippen LogP contribution in [-0.4, -0.2) is 29.7 Å². The zero-order valence-corrected chi connectivity index (χ0v) is 16.3. The molecule has 0 unspecified atom stereocenters. The lowest BCUT2D eigenvalue weighted by Gasteiger charge is -2.09. The van der Waals surface area contributed by atoms with Gasteiger partial charge in [0.25, 0.3) is 11.8 Å². The smallest absolute Gasteiger partial charge is 0.271 e. The van der Waals surface area contributed by atoms with E-state index in [4.69, 9.17) is 4.74 Å². The highest BCUT2D eigenvalue weighted by Crippen LogP contribution is 2.14. The summed E-state index contributed by atoms with van der Waals surface area (Å²) in [6, 6.07) is 20.3. The van der Waals surface area contributed by atoms with Gasteiger partial charge in [0.05, 0.1) is 6.21 Å². The average Bonchev–Trinajstić information content (AvgIpc) is 2.75. The zero-order valence-electron chi connectivity index (χ0n) is 16.3. The predicted molar refractivity (Wildman–Crippen MR) is 115 cm³/mol. The Bertz CT molecular complexity index is 1040. The van der Waals surface area contributed by atoms with Gasteiger partial charge in [0, 0.05) is 11.3 Å². The van der Waals surface area contributed by atoms with Gasteiger partial charge in [-0.2, -0.15) is 5.10 Å². The molecule has 0 aromatic heterocycles. The van der Waals surface area contributed by atoms with Crippen molar-refractivity contribution in [3.8, 4) is 11.5 Å². The van der Waals surface area contributed by atoms with E-state index < -0.39 is 0 Å². The predicted octanol–water partition coefficient (Wildman–Crippen LogP) is 3.48. The summed E-state index contributed by atoms with van der Waals surface area (Å²) >= 11 is 0. The summed E-state index contributed by atoms with van der Waals surface area (Å²) in [4.78, 5) is 24.0. The lowest BCUT2D eigenvalue weighted by molar-refractivity contribution is -0.118. The summed E-state index contributed by atoms with van der Waals surface area (Å²) in [5.41, 5.74) is 5.28. The Kier molecular flexibility index (Phi) is 6.78. The molecule has 3 aromatic rings. The third kappa shape index (κ3) is 5.93. The Morgan fingerprint density at radius 1 is 1.00 bits per heavy atom. The molecule has 152 valence electrons. The SMILES string of the molecule is Cc1ccccc1NC(=O)COc1ccc(/C=N\NC(=O)c2ccc(O)cc2)cc1. The number of hydrogen-bond donors (Lipinski definition) is 3. The van der Waals surface area contributed by atoms with E-state index in [2.05, 4.69) is 15.8 Å². The lowest BCUT2D eigenvalue weighted by Crippen LogP contribution is -2.20. The highest BCUT2D eigenvalue weighted by atomic mass is 16.5. The Balaban J connectivity index is 1.47. The van der Waals surface area contributed by atoms with Gasteiger partial charge >= 0.3 is 0 Å². The molecule has 0 radical (unpaired) electrons. The van der Waals surface area contributed by atoms with Crippen LogP contribution in [0.2, 0.25) is 0 Å². The molecule has 0 bridgehead atoms. The van der Waals surface area contributed by atoms with Crippen molar-refractivity contribution in [1.82, 2.24) is 5.43 Å². The minimum Gasteiger partial charge on any atom is -0.508 e. The van der Waals surface area contributed by atoms with Crippen molar-refractivity contribution in [2.75, 3.05) is 11.9 Å². The van der Waals surface area contributed by atoms with Gasteiger partial charge in [-0.3, -0.25) is 9.59 Å². The summed E-state index contributed by atoms with van der Waals surface area (Å²) in [5, 5.41) is 16.0. The molecular formula is C23H21N3O4. The molecule has 0 heterocycles. The number of amides is 2. The molecule has 0 aliphatic carbocycles. The Morgan fingerprint density at radius 2 is 1.70 bits per heavy atom. The first-order valence-electron chi connectivity index (χ1n) is 9.22. The van der Waals surface area contributed by atoms with Crippen molar-refractivity contribution in [1.29, 1.82) is 0 Å². The topological polar surface area (TPSA) is 100 Å². The van der Waals surface area contributed by atoms with E-state index in [1.54, 1.807) is 24.3 Å². The molecule has 0 aliphatic rings. The maximum atomic E-state index is 12.0. The van der Waals surface area contributed by atoms with Gasteiger partial charge in [0.1, 0.15) is 11.5 Å². The Labute approximate surface area is 174 Å². The lowest BCUT2D eigenvalue weighted by atomic mass is 10.2. The molecule has 3 rings (SSSR count). The number of carbonyl (C=O) groups excluding carboxylic acids is 2. The van der Waals surface area contributed by atoms with Gasteiger partial charge in [-0.05, 0) is 72.6 Å². The zero-order chi connectivity index (χ0) is 21.3. The molecule has 2 amide bonds. The average molecular weight is 403 g/mol. The molecule has 0 saturated heterocycles. The molecule has 0 saturated carbocycles. The van der Waals surface area contributed by atoms with Crippen LogP contribution in [0, 0.1) is 6.92 Å². The molecule has 7 heteroatoms. The third-order valence-corrected chi connectivity index (χ3v) is 4.18. The van der Waals surface area contributed by atoms with Gasteiger partial charge < -0.3 is 15.2 Å². The van der Waals surface area contributed by atoms with E-state index in [0.717, 1.165) is 16.8 Å². The first-order chi connectivity index (χ1) is 14.5. The van der Waals surface area contributed by atoms with E-state index >= 15 is 0 Å². The highest BCUT2D eigenvalue weighted by molar-refractivity contribution is 5.95. The van der Waals surface area contributed by atoms with Crippen LogP contribution in [0.1, 0.15) is 21.5 Å². The number of nitrogens with one attached hydrogen (secondary N) is 2.